The van der Waals surface area contributed by atoms with Gasteiger partial charge in [-0.2, -0.15) is 0 Å². The van der Waals surface area contributed by atoms with Gasteiger partial charge in [0.05, 0.1) is 5.75 Å². The summed E-state index contributed by atoms with van der Waals surface area (Å²) in [5.74, 6) is 0.262. The third-order valence-corrected chi connectivity index (χ3v) is 6.54. The minimum Gasteiger partial charge on any atom is -0.314 e. The number of sulfonamides is 1. The Morgan fingerprint density at radius 2 is 1.81 bits per heavy atom. The summed E-state index contributed by atoms with van der Waals surface area (Å²) in [4.78, 5) is 4.61. The summed E-state index contributed by atoms with van der Waals surface area (Å²) in [5.41, 5.74) is 0. The van der Waals surface area contributed by atoms with Gasteiger partial charge in [0.25, 0.3) is 0 Å². The topological polar surface area (TPSA) is 55.9 Å². The van der Waals surface area contributed by atoms with E-state index < -0.39 is 10.0 Å². The number of likely N-dealkylation sites (N-methyl/N-ethyl adjacent to an activating group) is 1. The van der Waals surface area contributed by atoms with E-state index in [0.717, 1.165) is 45.7 Å². The first-order valence-corrected chi connectivity index (χ1v) is 9.82. The van der Waals surface area contributed by atoms with Gasteiger partial charge in [-0.25, -0.2) is 12.7 Å². The number of nitrogens with zero attached hydrogens (tertiary/aromatic N) is 3. The number of hydrogen-bond acceptors (Lipinski definition) is 5. The Kier molecular flexibility index (Phi) is 6.43. The zero-order chi connectivity index (χ0) is 15.3. The SMILES string of the molecule is CCN(CC)C1CCN(S(=O)(=O)CCN2CCNCC2)C1. The van der Waals surface area contributed by atoms with Gasteiger partial charge in [0.2, 0.25) is 10.0 Å². The van der Waals surface area contributed by atoms with Gasteiger partial charge in [-0.1, -0.05) is 13.8 Å². The highest BCUT2D eigenvalue weighted by Crippen LogP contribution is 2.19. The maximum absolute atomic E-state index is 12.5. The van der Waals surface area contributed by atoms with Crippen molar-refractivity contribution in [3.05, 3.63) is 0 Å². The van der Waals surface area contributed by atoms with Crippen molar-refractivity contribution in [3.63, 3.8) is 0 Å². The molecule has 2 aliphatic heterocycles. The van der Waals surface area contributed by atoms with Crippen molar-refractivity contribution in [3.8, 4) is 0 Å². The highest BCUT2D eigenvalue weighted by atomic mass is 32.2. The fourth-order valence-electron chi connectivity index (χ4n) is 3.31. The lowest BCUT2D eigenvalue weighted by Gasteiger charge is -2.28. The predicted octanol–water partition coefficient (Wildman–Crippen LogP) is -0.362. The third-order valence-electron chi connectivity index (χ3n) is 4.72. The van der Waals surface area contributed by atoms with Crippen molar-refractivity contribution in [2.24, 2.45) is 0 Å². The molecule has 7 heteroatoms. The Hall–Kier alpha value is -0.210. The van der Waals surface area contributed by atoms with Gasteiger partial charge in [0.15, 0.2) is 0 Å². The molecule has 6 nitrogen and oxygen atoms in total. The largest absolute Gasteiger partial charge is 0.314 e. The Morgan fingerprint density at radius 1 is 1.14 bits per heavy atom. The molecule has 0 aromatic rings. The van der Waals surface area contributed by atoms with E-state index in [2.05, 4.69) is 29.0 Å². The maximum atomic E-state index is 12.5. The molecule has 0 bridgehead atoms. The summed E-state index contributed by atoms with van der Waals surface area (Å²) < 4.78 is 26.7. The molecule has 0 aromatic heterocycles. The normalized spacial score (nSPS) is 25.8. The smallest absolute Gasteiger partial charge is 0.215 e. The lowest BCUT2D eigenvalue weighted by molar-refractivity contribution is 0.224. The molecule has 1 atom stereocenters. The second kappa shape index (κ2) is 7.87. The van der Waals surface area contributed by atoms with Crippen LogP contribution in [0.1, 0.15) is 20.3 Å². The molecule has 0 aliphatic carbocycles. The second-order valence-corrected chi connectivity index (χ2v) is 8.02. The van der Waals surface area contributed by atoms with Gasteiger partial charge in [-0.3, -0.25) is 9.80 Å². The van der Waals surface area contributed by atoms with E-state index in [4.69, 9.17) is 0 Å². The molecule has 0 radical (unpaired) electrons. The van der Waals surface area contributed by atoms with Crippen LogP contribution >= 0.6 is 0 Å². The molecule has 1 N–H and O–H groups in total. The molecule has 0 aromatic carbocycles. The van der Waals surface area contributed by atoms with Crippen LogP contribution in [0.5, 0.6) is 0 Å². The van der Waals surface area contributed by atoms with Crippen LogP contribution in [0, 0.1) is 0 Å². The Labute approximate surface area is 129 Å². The van der Waals surface area contributed by atoms with Crippen molar-refractivity contribution in [1.29, 1.82) is 0 Å². The van der Waals surface area contributed by atoms with Crippen LogP contribution in [0.3, 0.4) is 0 Å². The lowest BCUT2D eigenvalue weighted by Crippen LogP contribution is -2.46. The third kappa shape index (κ3) is 4.63. The predicted molar refractivity (Wildman–Crippen MR) is 86.0 cm³/mol. The van der Waals surface area contributed by atoms with Crippen molar-refractivity contribution in [2.75, 3.05) is 64.7 Å². The number of rotatable bonds is 7. The molecule has 2 fully saturated rings. The molecule has 2 rings (SSSR count). The first-order valence-electron chi connectivity index (χ1n) is 8.21. The van der Waals surface area contributed by atoms with Gasteiger partial charge in [-0.15, -0.1) is 0 Å². The summed E-state index contributed by atoms with van der Waals surface area (Å²) in [6.07, 6.45) is 0.967. The fraction of sp³-hybridized carbons (Fsp3) is 1.00. The molecule has 0 saturated carbocycles. The maximum Gasteiger partial charge on any atom is 0.215 e. The van der Waals surface area contributed by atoms with Gasteiger partial charge >= 0.3 is 0 Å². The number of nitrogens with one attached hydrogen (secondary N) is 1. The van der Waals surface area contributed by atoms with Crippen LogP contribution in [0.4, 0.5) is 0 Å². The summed E-state index contributed by atoms with van der Waals surface area (Å²) in [5, 5.41) is 3.29. The molecule has 124 valence electrons. The Bertz CT molecular complexity index is 405. The van der Waals surface area contributed by atoms with E-state index in [0.29, 0.717) is 25.7 Å². The Morgan fingerprint density at radius 3 is 2.43 bits per heavy atom. The first kappa shape index (κ1) is 17.1. The quantitative estimate of drug-likeness (QED) is 0.695. The van der Waals surface area contributed by atoms with Crippen LogP contribution < -0.4 is 5.32 Å². The molecule has 2 saturated heterocycles. The zero-order valence-corrected chi connectivity index (χ0v) is 14.2. The van der Waals surface area contributed by atoms with Crippen LogP contribution in [0.25, 0.3) is 0 Å². The van der Waals surface area contributed by atoms with Crippen molar-refractivity contribution < 1.29 is 8.42 Å². The molecular weight excluding hydrogens is 288 g/mol. The molecule has 2 heterocycles. The van der Waals surface area contributed by atoms with E-state index in [9.17, 15) is 8.42 Å². The molecule has 1 unspecified atom stereocenters. The molecule has 2 aliphatic rings. The number of piperazine rings is 1. The monoisotopic (exact) mass is 318 g/mol. The minimum absolute atomic E-state index is 0.262. The summed E-state index contributed by atoms with van der Waals surface area (Å²) >= 11 is 0. The van der Waals surface area contributed by atoms with Crippen molar-refractivity contribution in [1.82, 2.24) is 19.4 Å². The Balaban J connectivity index is 1.82. The standard InChI is InChI=1S/C14H30N4O2S/c1-3-17(4-2)14-5-8-18(13-14)21(19,20)12-11-16-9-6-15-7-10-16/h14-15H,3-13H2,1-2H3. The molecule has 21 heavy (non-hydrogen) atoms. The highest BCUT2D eigenvalue weighted by Gasteiger charge is 2.33. The van der Waals surface area contributed by atoms with Crippen LogP contribution in [-0.4, -0.2) is 93.2 Å². The average molecular weight is 318 g/mol. The van der Waals surface area contributed by atoms with Crippen LogP contribution in [-0.2, 0) is 10.0 Å². The van der Waals surface area contributed by atoms with Gasteiger partial charge < -0.3 is 5.32 Å². The molecule has 0 spiro atoms. The highest BCUT2D eigenvalue weighted by molar-refractivity contribution is 7.89. The van der Waals surface area contributed by atoms with Crippen molar-refractivity contribution >= 4 is 10.0 Å². The van der Waals surface area contributed by atoms with E-state index in [1.807, 2.05) is 0 Å². The summed E-state index contributed by atoms with van der Waals surface area (Å²) in [6, 6.07) is 0.397. The van der Waals surface area contributed by atoms with Gasteiger partial charge in [0, 0.05) is 51.9 Å². The van der Waals surface area contributed by atoms with Crippen molar-refractivity contribution in [2.45, 2.75) is 26.3 Å². The van der Waals surface area contributed by atoms with Gasteiger partial charge in [0.1, 0.15) is 0 Å². The van der Waals surface area contributed by atoms with Crippen LogP contribution in [0.15, 0.2) is 0 Å². The molecular formula is C14H30N4O2S. The zero-order valence-electron chi connectivity index (χ0n) is 13.4. The molecule has 0 amide bonds. The summed E-state index contributed by atoms with van der Waals surface area (Å²) in [7, 11) is -3.10. The number of hydrogen-bond donors (Lipinski definition) is 1. The van der Waals surface area contributed by atoms with Gasteiger partial charge in [-0.05, 0) is 19.5 Å². The first-order chi connectivity index (χ1) is 10.1. The lowest BCUT2D eigenvalue weighted by atomic mass is 10.2. The average Bonchev–Trinajstić information content (AvgIpc) is 2.98. The van der Waals surface area contributed by atoms with Crippen LogP contribution in [0.2, 0.25) is 0 Å². The van der Waals surface area contributed by atoms with E-state index >= 15 is 0 Å². The van der Waals surface area contributed by atoms with E-state index in [1.165, 1.54) is 0 Å². The summed E-state index contributed by atoms with van der Waals surface area (Å²) in [6.45, 7) is 12.1. The fourth-order valence-corrected chi connectivity index (χ4v) is 4.84. The van der Waals surface area contributed by atoms with E-state index in [1.54, 1.807) is 4.31 Å². The second-order valence-electron chi connectivity index (χ2n) is 5.93. The minimum atomic E-state index is -3.10. The van der Waals surface area contributed by atoms with E-state index in [-0.39, 0.29) is 5.75 Å².